The van der Waals surface area contributed by atoms with E-state index in [0.29, 0.717) is 0 Å². The van der Waals surface area contributed by atoms with Gasteiger partial charge in [-0.15, -0.1) is 0 Å². The predicted octanol–water partition coefficient (Wildman–Crippen LogP) is 4.19. The van der Waals surface area contributed by atoms with E-state index < -0.39 is 26.7 Å². The molecule has 0 amide bonds. The summed E-state index contributed by atoms with van der Waals surface area (Å²) < 4.78 is 7.57. The van der Waals surface area contributed by atoms with Gasteiger partial charge in [-0.25, -0.2) is 0 Å². The Kier molecular flexibility index (Phi) is 5.89. The number of rotatable bonds is 5. The van der Waals surface area contributed by atoms with E-state index in [1.807, 2.05) is 6.20 Å². The topological polar surface area (TPSA) is 22.1 Å². The zero-order valence-electron chi connectivity index (χ0n) is 14.5. The second-order valence-corrected chi connectivity index (χ2v) is 27.3. The van der Waals surface area contributed by atoms with Crippen molar-refractivity contribution in [2.24, 2.45) is 0 Å². The summed E-state index contributed by atoms with van der Waals surface area (Å²) >= 11 is -1.99. The van der Waals surface area contributed by atoms with E-state index in [0.717, 1.165) is 13.0 Å². The molecule has 0 aliphatic heterocycles. The number of hydrogen-bond acceptors (Lipinski definition) is 2. The molecule has 2 nitrogen and oxygen atoms in total. The molecule has 4 heteroatoms. The second-order valence-electron chi connectivity index (χ2n) is 8.16. The fourth-order valence-corrected chi connectivity index (χ4v) is 5.66. The van der Waals surface area contributed by atoms with Crippen molar-refractivity contribution in [1.82, 2.24) is 4.98 Å². The van der Waals surface area contributed by atoms with Crippen molar-refractivity contribution in [2.75, 3.05) is 6.61 Å². The third-order valence-corrected chi connectivity index (χ3v) is 14.0. The first-order valence-electron chi connectivity index (χ1n) is 7.53. The zero-order valence-corrected chi connectivity index (χ0v) is 18.4. The van der Waals surface area contributed by atoms with Crippen LogP contribution in [-0.4, -0.2) is 38.3 Å². The summed E-state index contributed by atoms with van der Waals surface area (Å²) in [6, 6.07) is 4.47. The summed E-state index contributed by atoms with van der Waals surface area (Å²) in [7, 11) is -1.61. The number of aromatic nitrogens is 1. The van der Waals surface area contributed by atoms with Gasteiger partial charge in [0.05, 0.1) is 0 Å². The fourth-order valence-electron chi connectivity index (χ4n) is 1.66. The Morgan fingerprint density at radius 1 is 1.15 bits per heavy atom. The van der Waals surface area contributed by atoms with Crippen LogP contribution in [0.15, 0.2) is 18.3 Å². The van der Waals surface area contributed by atoms with Crippen LogP contribution in [0.5, 0.6) is 0 Å². The molecule has 0 unspecified atom stereocenters. The molecule has 0 spiro atoms. The monoisotopic (exact) mass is 401 g/mol. The maximum absolute atomic E-state index is 6.22. The molecule has 0 fully saturated rings. The summed E-state index contributed by atoms with van der Waals surface area (Å²) in [4.78, 5) is 11.9. The van der Waals surface area contributed by atoms with E-state index in [1.54, 1.807) is 0 Å². The summed E-state index contributed by atoms with van der Waals surface area (Å²) in [5.74, 6) is 0. The van der Waals surface area contributed by atoms with Gasteiger partial charge in [0.2, 0.25) is 0 Å². The van der Waals surface area contributed by atoms with Gasteiger partial charge < -0.3 is 0 Å². The Balaban J connectivity index is 2.56. The zero-order chi connectivity index (χ0) is 15.6. The summed E-state index contributed by atoms with van der Waals surface area (Å²) in [5, 5.41) is 0.288. The number of hydrogen-bond donors (Lipinski definition) is 0. The van der Waals surface area contributed by atoms with Gasteiger partial charge in [0, 0.05) is 0 Å². The van der Waals surface area contributed by atoms with Crippen molar-refractivity contribution in [3.8, 4) is 0 Å². The van der Waals surface area contributed by atoms with Crippen LogP contribution >= 0.6 is 0 Å². The van der Waals surface area contributed by atoms with Gasteiger partial charge in [-0.1, -0.05) is 0 Å². The maximum atomic E-state index is 6.22. The molecule has 0 aromatic carbocycles. The van der Waals surface area contributed by atoms with Gasteiger partial charge in [0.15, 0.2) is 0 Å². The van der Waals surface area contributed by atoms with E-state index in [4.69, 9.17) is 4.43 Å². The molecule has 0 bridgehead atoms. The molecule has 20 heavy (non-hydrogen) atoms. The SMILES string of the molecule is CC(C)(C)[Si](C)(C)OCCc1cc[c]([Sn]([CH3])([CH3])[CH3])nc1. The summed E-state index contributed by atoms with van der Waals surface area (Å²) in [6.07, 6.45) is 3.02. The Morgan fingerprint density at radius 3 is 2.15 bits per heavy atom. The average molecular weight is 400 g/mol. The molecule has 0 atom stereocenters. The molecule has 0 saturated carbocycles. The van der Waals surface area contributed by atoms with Gasteiger partial charge in [0.25, 0.3) is 0 Å². The van der Waals surface area contributed by atoms with Crippen molar-refractivity contribution >= 4 is 30.4 Å². The van der Waals surface area contributed by atoms with Crippen molar-refractivity contribution in [1.29, 1.82) is 0 Å². The van der Waals surface area contributed by atoms with Gasteiger partial charge in [-0.05, 0) is 0 Å². The van der Waals surface area contributed by atoms with E-state index >= 15 is 0 Å². The first kappa shape index (κ1) is 18.2. The molecule has 1 aromatic rings. The van der Waals surface area contributed by atoms with Crippen LogP contribution in [0, 0.1) is 0 Å². The van der Waals surface area contributed by atoms with Crippen LogP contribution in [0.4, 0.5) is 0 Å². The molecule has 1 heterocycles. The Labute approximate surface area is 130 Å². The second kappa shape index (κ2) is 6.49. The molecule has 114 valence electrons. The van der Waals surface area contributed by atoms with E-state index in [9.17, 15) is 0 Å². The summed E-state index contributed by atoms with van der Waals surface area (Å²) in [6.45, 7) is 12.3. The molecule has 0 N–H and O–H groups in total. The number of pyridine rings is 1. The van der Waals surface area contributed by atoms with Crippen LogP contribution in [0.25, 0.3) is 0 Å². The molecule has 0 radical (unpaired) electrons. The van der Waals surface area contributed by atoms with Crippen LogP contribution in [0.2, 0.25) is 33.0 Å². The molecule has 0 aliphatic carbocycles. The molecule has 0 saturated heterocycles. The number of nitrogens with zero attached hydrogens (tertiary/aromatic N) is 1. The van der Waals surface area contributed by atoms with Gasteiger partial charge in [-0.2, -0.15) is 0 Å². The molecular formula is C16H31NOSiSn. The standard InChI is InChI=1S/C13H22NOSi.3CH3.Sn/c1-13(2,3)16(4,5)15-10-8-12-7-6-9-14-11-12;;;;/h6-7,11H,8,10H2,1-5H3;3*1H3;. The Bertz CT molecular complexity index is 429. The molecule has 0 aliphatic rings. The van der Waals surface area contributed by atoms with Crippen molar-refractivity contribution < 1.29 is 4.43 Å². The average Bonchev–Trinajstić information content (AvgIpc) is 2.26. The van der Waals surface area contributed by atoms with Gasteiger partial charge >= 0.3 is 130 Å². The van der Waals surface area contributed by atoms with Crippen LogP contribution in [-0.2, 0) is 10.8 Å². The van der Waals surface area contributed by atoms with E-state index in [-0.39, 0.29) is 5.04 Å². The molecular weight excluding hydrogens is 369 g/mol. The third-order valence-electron chi connectivity index (χ3n) is 4.25. The van der Waals surface area contributed by atoms with E-state index in [1.165, 1.54) is 9.27 Å². The molecule has 1 rings (SSSR count). The summed E-state index contributed by atoms with van der Waals surface area (Å²) in [5.41, 5.74) is 1.29. The minimum absolute atomic E-state index is 0.288. The van der Waals surface area contributed by atoms with Crippen LogP contribution < -0.4 is 3.71 Å². The normalized spacial score (nSPS) is 13.6. The fraction of sp³-hybridized carbons (Fsp3) is 0.688. The Hall–Kier alpha value is 0.126. The van der Waals surface area contributed by atoms with Crippen LogP contribution in [0.3, 0.4) is 0 Å². The first-order valence-corrected chi connectivity index (χ1v) is 20.4. The quantitative estimate of drug-likeness (QED) is 0.692. The molecule has 1 aromatic heterocycles. The minimum atomic E-state index is -1.99. The van der Waals surface area contributed by atoms with Gasteiger partial charge in [0.1, 0.15) is 0 Å². The Morgan fingerprint density at radius 2 is 1.75 bits per heavy atom. The van der Waals surface area contributed by atoms with Gasteiger partial charge in [-0.3, -0.25) is 0 Å². The third kappa shape index (κ3) is 5.15. The van der Waals surface area contributed by atoms with Crippen molar-refractivity contribution in [3.63, 3.8) is 0 Å². The predicted molar refractivity (Wildman–Crippen MR) is 94.1 cm³/mol. The van der Waals surface area contributed by atoms with Crippen LogP contribution in [0.1, 0.15) is 26.3 Å². The van der Waals surface area contributed by atoms with Crippen molar-refractivity contribution in [2.45, 2.75) is 60.1 Å². The van der Waals surface area contributed by atoms with Crippen molar-refractivity contribution in [3.05, 3.63) is 23.9 Å². The first-order chi connectivity index (χ1) is 8.93. The van der Waals surface area contributed by atoms with E-state index in [2.05, 4.69) is 65.8 Å².